The molecule has 0 atom stereocenters. The normalized spacial score (nSPS) is 15.6. The van der Waals surface area contributed by atoms with Crippen LogP contribution in [0, 0.1) is 6.08 Å². The number of phenolic OH excluding ortho intramolecular Hbond substituents is 3. The number of allylic oxidation sites excluding steroid dienone is 5. The summed E-state index contributed by atoms with van der Waals surface area (Å²) in [5.41, 5.74) is 14.4. The second-order valence-corrected chi connectivity index (χ2v) is 28.2. The van der Waals surface area contributed by atoms with Crippen LogP contribution in [0.25, 0.3) is 0 Å². The van der Waals surface area contributed by atoms with Gasteiger partial charge in [0.05, 0.1) is 64.0 Å². The third-order valence-corrected chi connectivity index (χ3v) is 20.2. The molecular formula is C92H125N8O11+. The molecular weight excluding hydrogens is 1390 g/mol. The lowest BCUT2D eigenvalue weighted by atomic mass is 10.0. The third kappa shape index (κ3) is 34.5. The van der Waals surface area contributed by atoms with Gasteiger partial charge in [-0.3, -0.25) is 14.4 Å². The average Bonchev–Trinajstić information content (AvgIpc) is 0.820. The van der Waals surface area contributed by atoms with Gasteiger partial charge in [0.15, 0.2) is 0 Å². The number of carbonyl (C=O) groups excluding carboxylic acids is 3. The molecule has 0 spiro atoms. The first-order chi connectivity index (χ1) is 53.8. The molecule has 19 heteroatoms. The number of methoxy groups -OCH3 is 1. The number of hydrogen-bond acceptors (Lipinski definition) is 17. The molecule has 4 saturated heterocycles. The zero-order chi connectivity index (χ0) is 77.6. The highest BCUT2D eigenvalue weighted by molar-refractivity contribution is 5.94. The molecule has 598 valence electrons. The van der Waals surface area contributed by atoms with E-state index in [1.807, 2.05) is 84.3 Å². The van der Waals surface area contributed by atoms with E-state index in [9.17, 15) is 24.6 Å². The molecule has 111 heavy (non-hydrogen) atoms. The summed E-state index contributed by atoms with van der Waals surface area (Å²) < 4.78 is 27.1. The molecule has 5 aliphatic rings. The van der Waals surface area contributed by atoms with Crippen LogP contribution in [0.2, 0.25) is 0 Å². The van der Waals surface area contributed by atoms with E-state index in [1.54, 1.807) is 55.6 Å². The fourth-order valence-electron chi connectivity index (χ4n) is 13.7. The van der Waals surface area contributed by atoms with E-state index in [-0.39, 0.29) is 42.8 Å². The van der Waals surface area contributed by atoms with E-state index in [4.69, 9.17) is 34.5 Å². The van der Waals surface area contributed by atoms with E-state index in [2.05, 4.69) is 134 Å². The summed E-state index contributed by atoms with van der Waals surface area (Å²) in [6.45, 7) is 20.7. The molecule has 7 aromatic carbocycles. The Morgan fingerprint density at radius 2 is 0.856 bits per heavy atom. The smallest absolute Gasteiger partial charge is 0.226 e. The minimum Gasteiger partial charge on any atom is -0.508 e. The lowest BCUT2D eigenvalue weighted by Crippen LogP contribution is -2.47. The molecule has 4 aliphatic heterocycles. The minimum atomic E-state index is 0. The van der Waals surface area contributed by atoms with Gasteiger partial charge in [-0.2, -0.15) is 0 Å². The van der Waals surface area contributed by atoms with Crippen molar-refractivity contribution in [2.24, 2.45) is 0 Å². The first-order valence-corrected chi connectivity index (χ1v) is 39.8. The maximum absolute atomic E-state index is 12.9. The van der Waals surface area contributed by atoms with Crippen LogP contribution in [0.5, 0.6) is 23.0 Å². The Morgan fingerprint density at radius 3 is 1.26 bits per heavy atom. The number of ether oxygens (including phenoxy) is 5. The van der Waals surface area contributed by atoms with Gasteiger partial charge in [0.2, 0.25) is 11.8 Å². The molecule has 2 amide bonds. The van der Waals surface area contributed by atoms with Crippen LogP contribution in [-0.4, -0.2) is 209 Å². The summed E-state index contributed by atoms with van der Waals surface area (Å²) >= 11 is 0. The summed E-state index contributed by atoms with van der Waals surface area (Å²) in [4.78, 5) is 50.4. The Balaban J connectivity index is 0.000000207. The number of nitrogen functional groups attached to an aromatic ring is 1. The summed E-state index contributed by atoms with van der Waals surface area (Å²) in [6.07, 6.45) is 24.2. The molecule has 0 aromatic heterocycles. The van der Waals surface area contributed by atoms with E-state index in [1.165, 1.54) is 35.1 Å². The van der Waals surface area contributed by atoms with Crippen LogP contribution in [0.1, 0.15) is 109 Å². The van der Waals surface area contributed by atoms with E-state index < -0.39 is 0 Å². The first kappa shape index (κ1) is 89.0. The second-order valence-electron chi connectivity index (χ2n) is 28.2. The Hall–Kier alpha value is -9.24. The van der Waals surface area contributed by atoms with Gasteiger partial charge in [0, 0.05) is 165 Å². The number of likely N-dealkylation sites (tertiary alicyclic amines) is 4. The molecule has 0 bridgehead atoms. The zero-order valence-electron chi connectivity index (χ0n) is 65.3. The Morgan fingerprint density at radius 1 is 0.477 bits per heavy atom. The number of nitrogens with one attached hydrogen (secondary N) is 1. The zero-order valence-corrected chi connectivity index (χ0v) is 65.3. The van der Waals surface area contributed by atoms with Crippen molar-refractivity contribution in [3.8, 4) is 23.0 Å². The lowest BCUT2D eigenvalue weighted by molar-refractivity contribution is -0.121. The van der Waals surface area contributed by atoms with Crippen LogP contribution in [0.4, 0.5) is 22.7 Å². The van der Waals surface area contributed by atoms with Crippen LogP contribution in [-0.2, 0) is 52.6 Å². The number of amides is 2. The number of phenols is 3. The van der Waals surface area contributed by atoms with Crippen molar-refractivity contribution >= 4 is 40.3 Å². The highest BCUT2D eigenvalue weighted by Gasteiger charge is 2.30. The minimum absolute atomic E-state index is 0. The first-order valence-electron chi connectivity index (χ1n) is 39.8. The molecule has 19 nitrogen and oxygen atoms in total. The number of anilines is 4. The monoisotopic (exact) mass is 1520 g/mol. The standard InChI is InChI=1S/C31H46N2O6.C22H28N2O2.C19H24N2O.C13H16NO.C6H7NO.CH4/c1-3-31(34)33(29-14-17-32(18-15-29)16-13-27-7-5-4-6-8-27)28-9-11-30(12-10-28)39-26-25-38-24-23-37-22-21-36-20-19-35-2;1-2-22(26)24(19-8-10-21(25)11-9-19)20-13-16-23(17-14-20)15-12-18-6-4-3-5-7-18;22-19-8-6-17(7-9-19)20-18-11-14-21(15-12-18)13-10-16-4-2-1-3-5-16;15-13-7-10-14(11-8-13)9-6-12-4-2-1-3-5-12;7-5-1-3-6(8)4-2-5;/h4-12,29H,3,13-26H2,1-2H3;3-11,20,25H,2,12-17H2,1H3;1-9,18,20,22H,10-15H2;2-5H,6-11H2;1-4,8H,7H2;1H4/q;;;+1;;. The Kier molecular flexibility index (Phi) is 41.7. The van der Waals surface area contributed by atoms with Gasteiger partial charge in [0.1, 0.15) is 47.5 Å². The van der Waals surface area contributed by atoms with Crippen LogP contribution >= 0.6 is 0 Å². The molecule has 1 aliphatic carbocycles. The lowest BCUT2D eigenvalue weighted by Gasteiger charge is -2.38. The molecule has 4 heterocycles. The molecule has 0 radical (unpaired) electrons. The van der Waals surface area contributed by atoms with Gasteiger partial charge in [-0.05, 0) is 172 Å². The number of piperidine rings is 4. The van der Waals surface area contributed by atoms with Gasteiger partial charge in [-0.15, -0.1) is 0 Å². The van der Waals surface area contributed by atoms with Crippen LogP contribution in [0.15, 0.2) is 218 Å². The van der Waals surface area contributed by atoms with Crippen molar-refractivity contribution in [1.82, 2.24) is 19.6 Å². The average molecular weight is 1520 g/mol. The second kappa shape index (κ2) is 52.1. The van der Waals surface area contributed by atoms with Crippen molar-refractivity contribution in [2.75, 3.05) is 159 Å². The summed E-state index contributed by atoms with van der Waals surface area (Å²) in [6, 6.07) is 61.5. The topological polar surface area (TPSA) is 216 Å². The van der Waals surface area contributed by atoms with Crippen molar-refractivity contribution < 1.29 is 53.4 Å². The molecule has 6 N–H and O–H groups in total. The van der Waals surface area contributed by atoms with E-state index >= 15 is 0 Å². The van der Waals surface area contributed by atoms with E-state index in [0.29, 0.717) is 89.0 Å². The predicted molar refractivity (Wildman–Crippen MR) is 450 cm³/mol. The van der Waals surface area contributed by atoms with Crippen molar-refractivity contribution in [2.45, 2.75) is 129 Å². The van der Waals surface area contributed by atoms with Gasteiger partial charge in [0.25, 0.3) is 0 Å². The van der Waals surface area contributed by atoms with Gasteiger partial charge in [-0.1, -0.05) is 112 Å². The Bertz CT molecular complexity index is 3700. The Labute approximate surface area is 662 Å². The largest absolute Gasteiger partial charge is 0.508 e. The number of aromatic hydroxyl groups is 3. The number of nitrogens with zero attached hydrogens (tertiary/aromatic N) is 6. The molecule has 0 unspecified atom stereocenters. The number of Topliss-reactive ketones (excluding diaryl/α,β-unsaturated/α-hetero) is 1. The number of benzene rings is 7. The van der Waals surface area contributed by atoms with E-state index in [0.717, 1.165) is 166 Å². The van der Waals surface area contributed by atoms with Gasteiger partial charge < -0.3 is 79.5 Å². The molecule has 7 aromatic rings. The van der Waals surface area contributed by atoms with Crippen molar-refractivity contribution in [3.63, 3.8) is 0 Å². The summed E-state index contributed by atoms with van der Waals surface area (Å²) in [5, 5.41) is 31.1. The van der Waals surface area contributed by atoms with Gasteiger partial charge in [-0.25, -0.2) is 0 Å². The molecule has 12 rings (SSSR count). The molecule has 4 fully saturated rings. The molecule has 0 saturated carbocycles. The van der Waals surface area contributed by atoms with Gasteiger partial charge >= 0.3 is 0 Å². The fourth-order valence-corrected chi connectivity index (χ4v) is 13.7. The van der Waals surface area contributed by atoms with Crippen molar-refractivity contribution in [3.05, 3.63) is 241 Å². The SMILES string of the molecule is C.CCC(=O)N(c1ccc(O)cc1)C1CCN(CCc2ccccc2)CC1.CCC(=O)N(c1ccc(OCCOCCOCCOCCOC)cc1)C1CCN(CCc2ccccc2)CC1.Nc1ccc(O)cc1.O=C1CCN(CCC2=CC=[C+]C=C2)CC1.Oc1ccc(NC2CCN(CCc3ccccc3)CC2)cc1. The number of ketones is 1. The maximum Gasteiger partial charge on any atom is 0.226 e. The third-order valence-electron chi connectivity index (χ3n) is 20.2. The number of rotatable bonds is 33. The van der Waals surface area contributed by atoms with Crippen LogP contribution < -0.4 is 25.6 Å². The fraction of sp³-hybridized carbons (Fsp3) is 0.446. The number of carbonyl (C=O) groups is 3. The quantitative estimate of drug-likeness (QED) is 0.0112. The van der Waals surface area contributed by atoms with Crippen LogP contribution in [0.3, 0.4) is 0 Å². The highest BCUT2D eigenvalue weighted by Crippen LogP contribution is 2.30. The predicted octanol–water partition coefficient (Wildman–Crippen LogP) is 15.1. The number of nitrogens with two attached hydrogens (primary N) is 1. The highest BCUT2D eigenvalue weighted by atomic mass is 16.6. The number of hydrogen-bond donors (Lipinski definition) is 5. The van der Waals surface area contributed by atoms with Crippen molar-refractivity contribution in [1.29, 1.82) is 0 Å². The summed E-state index contributed by atoms with van der Waals surface area (Å²) in [5.74, 6) is 2.31. The summed E-state index contributed by atoms with van der Waals surface area (Å²) in [7, 11) is 1.65. The maximum atomic E-state index is 12.9.